The second-order valence-electron chi connectivity index (χ2n) is 5.99. The summed E-state index contributed by atoms with van der Waals surface area (Å²) in [6.07, 6.45) is 1.89. The normalized spacial score (nSPS) is 10.8. The summed E-state index contributed by atoms with van der Waals surface area (Å²) in [5.74, 6) is 0.898. The van der Waals surface area contributed by atoms with Gasteiger partial charge in [-0.3, -0.25) is 4.98 Å². The number of fused-ring (bicyclic) bond motifs is 3. The predicted octanol–water partition coefficient (Wildman–Crippen LogP) is 5.67. The third-order valence-electron chi connectivity index (χ3n) is 4.49. The summed E-state index contributed by atoms with van der Waals surface area (Å²) < 4.78 is 8.32. The first kappa shape index (κ1) is 17.5. The lowest BCUT2D eigenvalue weighted by Crippen LogP contribution is -1.97. The smallest absolute Gasteiger partial charge is 0.121 e. The summed E-state index contributed by atoms with van der Waals surface area (Å²) in [4.78, 5) is 4.46. The fourth-order valence-electron chi connectivity index (χ4n) is 3.36. The second kappa shape index (κ2) is 7.28. The predicted molar refractivity (Wildman–Crippen MR) is 109 cm³/mol. The summed E-state index contributed by atoms with van der Waals surface area (Å²) in [7, 11) is 0. The van der Waals surface area contributed by atoms with E-state index in [9.17, 15) is 0 Å². The molecular formula is C21H21BrN2O. The van der Waals surface area contributed by atoms with Crippen LogP contribution in [-0.4, -0.2) is 9.55 Å². The Balaban J connectivity index is 0.00000182. The van der Waals surface area contributed by atoms with Gasteiger partial charge in [-0.1, -0.05) is 30.3 Å². The van der Waals surface area contributed by atoms with Gasteiger partial charge in [-0.25, -0.2) is 0 Å². The van der Waals surface area contributed by atoms with E-state index in [1.54, 1.807) is 0 Å². The van der Waals surface area contributed by atoms with E-state index >= 15 is 0 Å². The quantitative estimate of drug-likeness (QED) is 0.443. The van der Waals surface area contributed by atoms with Crippen molar-refractivity contribution < 1.29 is 4.74 Å². The SMILES string of the molecule is Br.CCn1c2cc(OCc3ccccc3)ccc2c2ccnc(C)c21. The largest absolute Gasteiger partial charge is 0.489 e. The Hall–Kier alpha value is -2.33. The number of hydrogen-bond donors (Lipinski definition) is 0. The Kier molecular flexibility index (Phi) is 5.09. The van der Waals surface area contributed by atoms with Gasteiger partial charge in [0, 0.05) is 29.6 Å². The topological polar surface area (TPSA) is 27.1 Å². The van der Waals surface area contributed by atoms with Crippen LogP contribution in [0.25, 0.3) is 21.8 Å². The first-order valence-electron chi connectivity index (χ1n) is 8.32. The third kappa shape index (κ3) is 3.14. The van der Waals surface area contributed by atoms with Gasteiger partial charge in [0.1, 0.15) is 12.4 Å². The molecule has 0 aliphatic rings. The van der Waals surface area contributed by atoms with Crippen LogP contribution < -0.4 is 4.74 Å². The number of pyridine rings is 1. The molecule has 0 saturated carbocycles. The van der Waals surface area contributed by atoms with E-state index in [1.165, 1.54) is 27.4 Å². The fraction of sp³-hybridized carbons (Fsp3) is 0.190. The van der Waals surface area contributed by atoms with Crippen molar-refractivity contribution in [1.29, 1.82) is 0 Å². The van der Waals surface area contributed by atoms with Crippen LogP contribution in [0.1, 0.15) is 18.2 Å². The molecule has 0 amide bonds. The van der Waals surface area contributed by atoms with Gasteiger partial charge in [-0.15, -0.1) is 17.0 Å². The van der Waals surface area contributed by atoms with Gasteiger partial charge in [0.2, 0.25) is 0 Å². The number of halogens is 1. The van der Waals surface area contributed by atoms with Crippen molar-refractivity contribution in [1.82, 2.24) is 9.55 Å². The van der Waals surface area contributed by atoms with E-state index in [1.807, 2.05) is 24.4 Å². The number of aromatic nitrogens is 2. The van der Waals surface area contributed by atoms with Crippen molar-refractivity contribution in [2.24, 2.45) is 0 Å². The van der Waals surface area contributed by atoms with Crippen LogP contribution in [0.5, 0.6) is 5.75 Å². The molecule has 0 radical (unpaired) electrons. The number of hydrogen-bond acceptors (Lipinski definition) is 2. The minimum atomic E-state index is 0. The third-order valence-corrected chi connectivity index (χ3v) is 4.49. The highest BCUT2D eigenvalue weighted by molar-refractivity contribution is 8.93. The van der Waals surface area contributed by atoms with E-state index in [-0.39, 0.29) is 17.0 Å². The van der Waals surface area contributed by atoms with Gasteiger partial charge in [0.05, 0.1) is 16.7 Å². The minimum absolute atomic E-state index is 0. The Morgan fingerprint density at radius 1 is 1.00 bits per heavy atom. The Morgan fingerprint density at radius 2 is 1.80 bits per heavy atom. The maximum atomic E-state index is 6.00. The maximum Gasteiger partial charge on any atom is 0.121 e. The van der Waals surface area contributed by atoms with Gasteiger partial charge in [0.15, 0.2) is 0 Å². The molecular weight excluding hydrogens is 376 g/mol. The highest BCUT2D eigenvalue weighted by Gasteiger charge is 2.12. The standard InChI is InChI=1S/C21H20N2O.BrH/c1-3-23-20-13-17(24-14-16-7-5-4-6-8-16)9-10-18(20)19-11-12-22-15(2)21(19)23;/h4-13H,3,14H2,1-2H3;1H. The molecule has 3 nitrogen and oxygen atoms in total. The number of ether oxygens (including phenoxy) is 1. The summed E-state index contributed by atoms with van der Waals surface area (Å²) in [6, 6.07) is 18.7. The molecule has 2 aromatic heterocycles. The minimum Gasteiger partial charge on any atom is -0.489 e. The molecule has 0 unspecified atom stereocenters. The Morgan fingerprint density at radius 3 is 2.56 bits per heavy atom. The molecule has 0 spiro atoms. The van der Waals surface area contributed by atoms with Crippen molar-refractivity contribution in [2.75, 3.05) is 0 Å². The maximum absolute atomic E-state index is 6.00. The molecule has 0 fully saturated rings. The summed E-state index contributed by atoms with van der Waals surface area (Å²) >= 11 is 0. The van der Waals surface area contributed by atoms with Crippen LogP contribution in [0.15, 0.2) is 60.8 Å². The van der Waals surface area contributed by atoms with Crippen molar-refractivity contribution in [3.05, 3.63) is 72.1 Å². The van der Waals surface area contributed by atoms with Crippen LogP contribution in [-0.2, 0) is 13.2 Å². The summed E-state index contributed by atoms with van der Waals surface area (Å²) in [5, 5.41) is 2.51. The van der Waals surface area contributed by atoms with Crippen molar-refractivity contribution in [3.8, 4) is 5.75 Å². The number of benzene rings is 2. The molecule has 0 aliphatic heterocycles. The number of nitrogens with zero attached hydrogens (tertiary/aromatic N) is 2. The Bertz CT molecular complexity index is 1010. The average Bonchev–Trinajstić information content (AvgIpc) is 2.95. The molecule has 2 heterocycles. The molecule has 0 aliphatic carbocycles. The van der Waals surface area contributed by atoms with Gasteiger partial charge in [-0.2, -0.15) is 0 Å². The van der Waals surface area contributed by atoms with Crippen LogP contribution in [0.4, 0.5) is 0 Å². The first-order chi connectivity index (χ1) is 11.8. The summed E-state index contributed by atoms with van der Waals surface area (Å²) in [5.41, 5.74) is 4.66. The van der Waals surface area contributed by atoms with Crippen molar-refractivity contribution >= 4 is 38.8 Å². The fourth-order valence-corrected chi connectivity index (χ4v) is 3.36. The van der Waals surface area contributed by atoms with Crippen LogP contribution >= 0.6 is 17.0 Å². The molecule has 128 valence electrons. The highest BCUT2D eigenvalue weighted by Crippen LogP contribution is 2.32. The molecule has 0 saturated heterocycles. The monoisotopic (exact) mass is 396 g/mol. The second-order valence-corrected chi connectivity index (χ2v) is 5.99. The summed E-state index contributed by atoms with van der Waals surface area (Å²) in [6.45, 7) is 5.73. The van der Waals surface area contributed by atoms with Crippen LogP contribution in [0, 0.1) is 6.92 Å². The molecule has 4 heteroatoms. The first-order valence-corrected chi connectivity index (χ1v) is 8.32. The molecule has 4 rings (SSSR count). The molecule has 0 bridgehead atoms. The van der Waals surface area contributed by atoms with Gasteiger partial charge >= 0.3 is 0 Å². The van der Waals surface area contributed by atoms with Crippen LogP contribution in [0.2, 0.25) is 0 Å². The average molecular weight is 397 g/mol. The van der Waals surface area contributed by atoms with Gasteiger partial charge in [0.25, 0.3) is 0 Å². The lowest BCUT2D eigenvalue weighted by molar-refractivity contribution is 0.306. The molecule has 2 aromatic carbocycles. The zero-order valence-electron chi connectivity index (χ0n) is 14.4. The van der Waals surface area contributed by atoms with Crippen LogP contribution in [0.3, 0.4) is 0 Å². The zero-order valence-corrected chi connectivity index (χ0v) is 16.1. The van der Waals surface area contributed by atoms with E-state index in [2.05, 4.69) is 59.8 Å². The Labute approximate surface area is 158 Å². The number of aryl methyl sites for hydroxylation is 2. The molecule has 0 atom stereocenters. The molecule has 25 heavy (non-hydrogen) atoms. The van der Waals surface area contributed by atoms with E-state index in [4.69, 9.17) is 4.74 Å². The zero-order chi connectivity index (χ0) is 16.5. The van der Waals surface area contributed by atoms with E-state index in [0.717, 1.165) is 18.0 Å². The van der Waals surface area contributed by atoms with Crippen molar-refractivity contribution in [3.63, 3.8) is 0 Å². The van der Waals surface area contributed by atoms with Crippen molar-refractivity contribution in [2.45, 2.75) is 27.0 Å². The lowest BCUT2D eigenvalue weighted by atomic mass is 10.1. The number of rotatable bonds is 4. The molecule has 4 aromatic rings. The van der Waals surface area contributed by atoms with E-state index < -0.39 is 0 Å². The van der Waals surface area contributed by atoms with Gasteiger partial charge in [-0.05, 0) is 37.6 Å². The highest BCUT2D eigenvalue weighted by atomic mass is 79.9. The lowest BCUT2D eigenvalue weighted by Gasteiger charge is -2.08. The van der Waals surface area contributed by atoms with E-state index in [0.29, 0.717) is 6.61 Å². The van der Waals surface area contributed by atoms with Gasteiger partial charge < -0.3 is 9.30 Å². The molecule has 0 N–H and O–H groups in total.